The number of anilines is 2. The van der Waals surface area contributed by atoms with Crippen molar-refractivity contribution in [2.24, 2.45) is 0 Å². The Bertz CT molecular complexity index is 818. The zero-order chi connectivity index (χ0) is 18.2. The molecule has 25 heavy (non-hydrogen) atoms. The van der Waals surface area contributed by atoms with E-state index in [1.807, 2.05) is 0 Å². The van der Waals surface area contributed by atoms with Crippen LogP contribution in [0.5, 0.6) is 0 Å². The van der Waals surface area contributed by atoms with Crippen molar-refractivity contribution < 1.29 is 27.2 Å². The number of carbonyl (C=O) groups is 2. The SMILES string of the molecule is O=C1C[C@@H](Nc2ccc(F)cc2)C(=O)N1c1ccccc1C(F)(F)F. The number of nitrogens with one attached hydrogen (secondary N) is 1. The number of rotatable bonds is 3. The monoisotopic (exact) mass is 352 g/mol. The van der Waals surface area contributed by atoms with E-state index in [1.54, 1.807) is 0 Å². The molecule has 1 saturated heterocycles. The predicted octanol–water partition coefficient (Wildman–Crippen LogP) is 3.59. The van der Waals surface area contributed by atoms with Gasteiger partial charge in [0.1, 0.15) is 11.9 Å². The molecule has 0 spiro atoms. The number of benzene rings is 2. The third-order valence-corrected chi connectivity index (χ3v) is 3.78. The zero-order valence-electron chi connectivity index (χ0n) is 12.7. The summed E-state index contributed by atoms with van der Waals surface area (Å²) in [4.78, 5) is 25.2. The smallest absolute Gasteiger partial charge is 0.373 e. The largest absolute Gasteiger partial charge is 0.418 e. The maximum atomic E-state index is 13.1. The van der Waals surface area contributed by atoms with E-state index in [2.05, 4.69) is 5.32 Å². The summed E-state index contributed by atoms with van der Waals surface area (Å²) in [5.41, 5.74) is -1.16. The second-order valence-electron chi connectivity index (χ2n) is 5.49. The van der Waals surface area contributed by atoms with Crippen LogP contribution in [0.25, 0.3) is 0 Å². The van der Waals surface area contributed by atoms with E-state index >= 15 is 0 Å². The molecule has 0 unspecified atom stereocenters. The molecule has 0 radical (unpaired) electrons. The Morgan fingerprint density at radius 3 is 2.28 bits per heavy atom. The number of carbonyl (C=O) groups excluding carboxylic acids is 2. The van der Waals surface area contributed by atoms with Crippen LogP contribution >= 0.6 is 0 Å². The summed E-state index contributed by atoms with van der Waals surface area (Å²) in [6, 6.07) is 8.48. The fourth-order valence-corrected chi connectivity index (χ4v) is 2.65. The van der Waals surface area contributed by atoms with Crippen LogP contribution < -0.4 is 10.2 Å². The van der Waals surface area contributed by atoms with Gasteiger partial charge in [-0.25, -0.2) is 9.29 Å². The molecule has 8 heteroatoms. The summed E-state index contributed by atoms with van der Waals surface area (Å²) in [7, 11) is 0. The van der Waals surface area contributed by atoms with Gasteiger partial charge in [-0.3, -0.25) is 9.59 Å². The summed E-state index contributed by atoms with van der Waals surface area (Å²) >= 11 is 0. The number of halogens is 4. The number of hydrogen-bond donors (Lipinski definition) is 1. The molecule has 1 aliphatic rings. The minimum Gasteiger partial charge on any atom is -0.373 e. The van der Waals surface area contributed by atoms with Gasteiger partial charge in [0.25, 0.3) is 5.91 Å². The third-order valence-electron chi connectivity index (χ3n) is 3.78. The molecule has 2 amide bonds. The van der Waals surface area contributed by atoms with Crippen LogP contribution in [0, 0.1) is 5.82 Å². The van der Waals surface area contributed by atoms with E-state index in [4.69, 9.17) is 0 Å². The van der Waals surface area contributed by atoms with Gasteiger partial charge in [0, 0.05) is 5.69 Å². The quantitative estimate of drug-likeness (QED) is 0.678. The second-order valence-corrected chi connectivity index (χ2v) is 5.49. The molecule has 0 bridgehead atoms. The molecule has 0 saturated carbocycles. The highest BCUT2D eigenvalue weighted by molar-refractivity contribution is 6.23. The maximum absolute atomic E-state index is 13.1. The fraction of sp³-hybridized carbons (Fsp3) is 0.176. The number of para-hydroxylation sites is 1. The molecule has 0 aromatic heterocycles. The van der Waals surface area contributed by atoms with Crippen molar-refractivity contribution in [2.75, 3.05) is 10.2 Å². The van der Waals surface area contributed by atoms with Crippen LogP contribution in [0.15, 0.2) is 48.5 Å². The Morgan fingerprint density at radius 1 is 1.00 bits per heavy atom. The first-order chi connectivity index (χ1) is 11.8. The van der Waals surface area contributed by atoms with Gasteiger partial charge < -0.3 is 5.32 Å². The van der Waals surface area contributed by atoms with Crippen LogP contribution in [0.3, 0.4) is 0 Å². The van der Waals surface area contributed by atoms with E-state index in [-0.39, 0.29) is 6.42 Å². The van der Waals surface area contributed by atoms with E-state index in [0.717, 1.165) is 12.1 Å². The average molecular weight is 352 g/mol. The van der Waals surface area contributed by atoms with Gasteiger partial charge in [-0.1, -0.05) is 12.1 Å². The Labute approximate surface area is 140 Å². The standard InChI is InChI=1S/C17H12F4N2O2/c18-10-5-7-11(8-6-10)22-13-9-15(24)23(16(13)25)14-4-2-1-3-12(14)17(19,20)21/h1-8,13,22H,9H2/t13-/m1/s1. The Balaban J connectivity index is 1.89. The van der Waals surface area contributed by atoms with E-state index in [1.165, 1.54) is 36.4 Å². The number of nitrogens with zero attached hydrogens (tertiary/aromatic N) is 1. The van der Waals surface area contributed by atoms with Gasteiger partial charge in [-0.2, -0.15) is 13.2 Å². The van der Waals surface area contributed by atoms with Crippen molar-refractivity contribution in [3.05, 3.63) is 59.9 Å². The Hall–Kier alpha value is -2.90. The van der Waals surface area contributed by atoms with Crippen LogP contribution in [-0.2, 0) is 15.8 Å². The van der Waals surface area contributed by atoms with Crippen LogP contribution in [0.1, 0.15) is 12.0 Å². The molecular weight excluding hydrogens is 340 g/mol. The molecule has 3 rings (SSSR count). The number of imide groups is 1. The Kier molecular flexibility index (Phi) is 4.20. The maximum Gasteiger partial charge on any atom is 0.418 e. The van der Waals surface area contributed by atoms with E-state index in [9.17, 15) is 27.2 Å². The molecule has 1 aliphatic heterocycles. The molecule has 0 aliphatic carbocycles. The van der Waals surface area contributed by atoms with Gasteiger partial charge in [0.15, 0.2) is 0 Å². The lowest BCUT2D eigenvalue weighted by atomic mass is 10.1. The first-order valence-electron chi connectivity index (χ1n) is 7.32. The van der Waals surface area contributed by atoms with Gasteiger partial charge in [-0.15, -0.1) is 0 Å². The molecule has 1 atom stereocenters. The minimum atomic E-state index is -4.69. The van der Waals surface area contributed by atoms with Crippen LogP contribution in [0.4, 0.5) is 28.9 Å². The van der Waals surface area contributed by atoms with Gasteiger partial charge in [0.05, 0.1) is 17.7 Å². The number of hydrogen-bond acceptors (Lipinski definition) is 3. The lowest BCUT2D eigenvalue weighted by Gasteiger charge is -2.20. The molecule has 1 heterocycles. The summed E-state index contributed by atoms with van der Waals surface area (Å²) in [5, 5.41) is 2.75. The highest BCUT2D eigenvalue weighted by Crippen LogP contribution is 2.38. The summed E-state index contributed by atoms with van der Waals surface area (Å²) in [5.74, 6) is -1.99. The topological polar surface area (TPSA) is 49.4 Å². The lowest BCUT2D eigenvalue weighted by Crippen LogP contribution is -2.36. The Morgan fingerprint density at radius 2 is 1.64 bits per heavy atom. The normalized spacial score (nSPS) is 17.9. The minimum absolute atomic E-state index is 0.289. The molecule has 1 fully saturated rings. The highest BCUT2D eigenvalue weighted by atomic mass is 19.4. The van der Waals surface area contributed by atoms with Crippen molar-refractivity contribution in [3.8, 4) is 0 Å². The van der Waals surface area contributed by atoms with E-state index < -0.39 is 41.1 Å². The molecule has 2 aromatic carbocycles. The molecule has 4 nitrogen and oxygen atoms in total. The molecule has 2 aromatic rings. The number of alkyl halides is 3. The second kappa shape index (κ2) is 6.19. The zero-order valence-corrected chi connectivity index (χ0v) is 12.7. The van der Waals surface area contributed by atoms with Crippen molar-refractivity contribution in [1.29, 1.82) is 0 Å². The van der Waals surface area contributed by atoms with Crippen molar-refractivity contribution in [3.63, 3.8) is 0 Å². The van der Waals surface area contributed by atoms with Crippen molar-refractivity contribution in [1.82, 2.24) is 0 Å². The molecule has 130 valence electrons. The first-order valence-corrected chi connectivity index (χ1v) is 7.32. The third kappa shape index (κ3) is 3.33. The number of amides is 2. The van der Waals surface area contributed by atoms with Crippen LogP contribution in [0.2, 0.25) is 0 Å². The van der Waals surface area contributed by atoms with Crippen molar-refractivity contribution in [2.45, 2.75) is 18.6 Å². The summed E-state index contributed by atoms with van der Waals surface area (Å²) < 4.78 is 52.3. The van der Waals surface area contributed by atoms with Gasteiger partial charge in [0.2, 0.25) is 5.91 Å². The summed E-state index contributed by atoms with van der Waals surface area (Å²) in [6.07, 6.45) is -4.98. The first kappa shape index (κ1) is 16.9. The molecule has 1 N–H and O–H groups in total. The molecular formula is C17H12F4N2O2. The highest BCUT2D eigenvalue weighted by Gasteiger charge is 2.44. The van der Waals surface area contributed by atoms with Gasteiger partial charge in [-0.05, 0) is 36.4 Å². The summed E-state index contributed by atoms with van der Waals surface area (Å²) in [6.45, 7) is 0. The lowest BCUT2D eigenvalue weighted by molar-refractivity contribution is -0.137. The average Bonchev–Trinajstić information content (AvgIpc) is 2.83. The fourth-order valence-electron chi connectivity index (χ4n) is 2.65. The predicted molar refractivity (Wildman–Crippen MR) is 82.4 cm³/mol. The van der Waals surface area contributed by atoms with Gasteiger partial charge >= 0.3 is 6.18 Å². The van der Waals surface area contributed by atoms with Crippen molar-refractivity contribution >= 4 is 23.2 Å². The van der Waals surface area contributed by atoms with Crippen LogP contribution in [-0.4, -0.2) is 17.9 Å². The van der Waals surface area contributed by atoms with E-state index in [0.29, 0.717) is 10.6 Å².